The van der Waals surface area contributed by atoms with E-state index in [9.17, 15) is 5.11 Å². The Morgan fingerprint density at radius 1 is 1.32 bits per heavy atom. The summed E-state index contributed by atoms with van der Waals surface area (Å²) in [5, 5.41) is 10.1. The monoisotopic (exact) mass is 327 g/mol. The second-order valence-electron chi connectivity index (χ2n) is 5.36. The Hall–Kier alpha value is -0.380. The van der Waals surface area contributed by atoms with Crippen molar-refractivity contribution >= 4 is 15.9 Å². The number of benzene rings is 1. The topological polar surface area (TPSA) is 46.2 Å². The highest BCUT2D eigenvalue weighted by Crippen LogP contribution is 2.27. The molecule has 0 aliphatic heterocycles. The Bertz CT molecular complexity index is 394. The predicted molar refractivity (Wildman–Crippen MR) is 85.4 cm³/mol. The lowest BCUT2D eigenvalue weighted by Gasteiger charge is -2.22. The van der Waals surface area contributed by atoms with Crippen LogP contribution in [0.25, 0.3) is 0 Å². The number of hydrogen-bond acceptors (Lipinski definition) is 2. The fraction of sp³-hybridized carbons (Fsp3) is 0.625. The van der Waals surface area contributed by atoms with Crippen molar-refractivity contribution in [2.24, 2.45) is 5.73 Å². The fourth-order valence-electron chi connectivity index (χ4n) is 2.36. The summed E-state index contributed by atoms with van der Waals surface area (Å²) < 4.78 is 1.16. The largest absolute Gasteiger partial charge is 0.391 e. The molecule has 0 spiro atoms. The molecule has 3 heteroatoms. The van der Waals surface area contributed by atoms with Gasteiger partial charge in [0, 0.05) is 10.5 Å². The van der Waals surface area contributed by atoms with Crippen LogP contribution in [0, 0.1) is 0 Å². The zero-order valence-corrected chi connectivity index (χ0v) is 13.8. The summed E-state index contributed by atoms with van der Waals surface area (Å²) in [7, 11) is 0. The van der Waals surface area contributed by atoms with Crippen molar-refractivity contribution in [2.45, 2.75) is 64.5 Å². The van der Waals surface area contributed by atoms with Crippen molar-refractivity contribution in [1.29, 1.82) is 0 Å². The predicted octanol–water partition coefficient (Wildman–Crippen LogP) is 3.99. The third-order valence-electron chi connectivity index (χ3n) is 3.74. The minimum Gasteiger partial charge on any atom is -0.391 e. The van der Waals surface area contributed by atoms with Gasteiger partial charge in [0.2, 0.25) is 0 Å². The van der Waals surface area contributed by atoms with E-state index in [1.807, 2.05) is 0 Å². The summed E-state index contributed by atoms with van der Waals surface area (Å²) in [4.78, 5) is 0. The van der Waals surface area contributed by atoms with Crippen LogP contribution in [0.15, 0.2) is 22.7 Å². The number of rotatable bonds is 7. The summed E-state index contributed by atoms with van der Waals surface area (Å²) >= 11 is 3.61. The van der Waals surface area contributed by atoms with Gasteiger partial charge in [0.05, 0.1) is 6.10 Å². The molecule has 3 N–H and O–H groups in total. The molecule has 0 saturated carbocycles. The first-order chi connectivity index (χ1) is 8.99. The summed E-state index contributed by atoms with van der Waals surface area (Å²) in [6.45, 7) is 6.39. The number of nitrogens with two attached hydrogens (primary N) is 1. The van der Waals surface area contributed by atoms with E-state index in [0.717, 1.165) is 30.2 Å². The third-order valence-corrected chi connectivity index (χ3v) is 4.48. The zero-order valence-electron chi connectivity index (χ0n) is 12.2. The van der Waals surface area contributed by atoms with Crippen LogP contribution in [0.3, 0.4) is 0 Å². The highest BCUT2D eigenvalue weighted by atomic mass is 79.9. The van der Waals surface area contributed by atoms with E-state index in [1.54, 1.807) is 0 Å². The molecule has 0 amide bonds. The van der Waals surface area contributed by atoms with Crippen LogP contribution >= 0.6 is 15.9 Å². The molecule has 0 bridgehead atoms. The number of hydrogen-bond donors (Lipinski definition) is 2. The maximum Gasteiger partial charge on any atom is 0.0696 e. The van der Waals surface area contributed by atoms with Crippen molar-refractivity contribution in [3.05, 3.63) is 33.8 Å². The Balaban J connectivity index is 2.67. The van der Waals surface area contributed by atoms with E-state index < -0.39 is 6.10 Å². The standard InChI is InChI=1S/C16H26BrNO/c1-4-6-15(18)16(19)9-11(3)13-8-7-12(5-2)14(17)10-13/h7-8,10-11,15-16,19H,4-6,9,18H2,1-3H3. The Labute approximate surface area is 125 Å². The molecule has 0 radical (unpaired) electrons. The molecule has 3 unspecified atom stereocenters. The van der Waals surface area contributed by atoms with Gasteiger partial charge in [-0.05, 0) is 42.4 Å². The van der Waals surface area contributed by atoms with Crippen LogP contribution in [0.5, 0.6) is 0 Å². The van der Waals surface area contributed by atoms with E-state index in [2.05, 4.69) is 54.9 Å². The molecule has 0 aromatic heterocycles. The molecule has 1 rings (SSSR count). The minimum atomic E-state index is -0.417. The second kappa shape index (κ2) is 8.03. The average Bonchev–Trinajstić information content (AvgIpc) is 2.38. The summed E-state index contributed by atoms with van der Waals surface area (Å²) in [6, 6.07) is 6.38. The van der Waals surface area contributed by atoms with Gasteiger partial charge < -0.3 is 10.8 Å². The molecule has 2 nitrogen and oxygen atoms in total. The van der Waals surface area contributed by atoms with E-state index in [4.69, 9.17) is 5.73 Å². The summed E-state index contributed by atoms with van der Waals surface area (Å²) in [6.07, 6.45) is 3.23. The number of halogens is 1. The zero-order chi connectivity index (χ0) is 14.4. The molecule has 1 aromatic rings. The second-order valence-corrected chi connectivity index (χ2v) is 6.22. The number of aliphatic hydroxyl groups is 1. The van der Waals surface area contributed by atoms with Crippen LogP contribution in [0.1, 0.15) is 57.1 Å². The van der Waals surface area contributed by atoms with Gasteiger partial charge in [-0.25, -0.2) is 0 Å². The first-order valence-electron chi connectivity index (χ1n) is 7.21. The van der Waals surface area contributed by atoms with E-state index in [-0.39, 0.29) is 6.04 Å². The maximum absolute atomic E-state index is 10.1. The third kappa shape index (κ3) is 4.90. The van der Waals surface area contributed by atoms with Gasteiger partial charge in [0.15, 0.2) is 0 Å². The summed E-state index contributed by atoms with van der Waals surface area (Å²) in [5.41, 5.74) is 8.55. The van der Waals surface area contributed by atoms with E-state index in [1.165, 1.54) is 11.1 Å². The summed E-state index contributed by atoms with van der Waals surface area (Å²) in [5.74, 6) is 0.320. The van der Waals surface area contributed by atoms with Gasteiger partial charge in [-0.3, -0.25) is 0 Å². The van der Waals surface area contributed by atoms with Crippen molar-refractivity contribution < 1.29 is 5.11 Å². The maximum atomic E-state index is 10.1. The van der Waals surface area contributed by atoms with Gasteiger partial charge in [-0.2, -0.15) is 0 Å². The molecule has 0 heterocycles. The first kappa shape index (κ1) is 16.7. The van der Waals surface area contributed by atoms with Crippen LogP contribution in [0.2, 0.25) is 0 Å². The number of aliphatic hydroxyl groups excluding tert-OH is 1. The molecular formula is C16H26BrNO. The van der Waals surface area contributed by atoms with Crippen molar-refractivity contribution in [3.8, 4) is 0 Å². The minimum absolute atomic E-state index is 0.106. The van der Waals surface area contributed by atoms with Gasteiger partial charge in [-0.1, -0.05) is 55.3 Å². The van der Waals surface area contributed by atoms with Crippen LogP contribution in [-0.2, 0) is 6.42 Å². The molecule has 0 aliphatic carbocycles. The van der Waals surface area contributed by atoms with Gasteiger partial charge in [-0.15, -0.1) is 0 Å². The molecule has 1 aromatic carbocycles. The lowest BCUT2D eigenvalue weighted by Crippen LogP contribution is -2.35. The lowest BCUT2D eigenvalue weighted by atomic mass is 9.91. The van der Waals surface area contributed by atoms with Crippen molar-refractivity contribution in [1.82, 2.24) is 0 Å². The molecular weight excluding hydrogens is 302 g/mol. The van der Waals surface area contributed by atoms with Crippen molar-refractivity contribution in [3.63, 3.8) is 0 Å². The van der Waals surface area contributed by atoms with Gasteiger partial charge in [0.25, 0.3) is 0 Å². The number of aryl methyl sites for hydroxylation is 1. The highest BCUT2D eigenvalue weighted by Gasteiger charge is 2.18. The normalized spacial score (nSPS) is 16.1. The Morgan fingerprint density at radius 3 is 2.53 bits per heavy atom. The van der Waals surface area contributed by atoms with Gasteiger partial charge >= 0.3 is 0 Å². The van der Waals surface area contributed by atoms with E-state index in [0.29, 0.717) is 5.92 Å². The van der Waals surface area contributed by atoms with Crippen LogP contribution in [0.4, 0.5) is 0 Å². The van der Waals surface area contributed by atoms with Crippen LogP contribution in [-0.4, -0.2) is 17.3 Å². The molecule has 108 valence electrons. The quantitative estimate of drug-likeness (QED) is 0.795. The highest BCUT2D eigenvalue weighted by molar-refractivity contribution is 9.10. The van der Waals surface area contributed by atoms with Gasteiger partial charge in [0.1, 0.15) is 0 Å². The van der Waals surface area contributed by atoms with Crippen molar-refractivity contribution in [2.75, 3.05) is 0 Å². The first-order valence-corrected chi connectivity index (χ1v) is 8.00. The average molecular weight is 328 g/mol. The molecule has 0 fully saturated rings. The van der Waals surface area contributed by atoms with E-state index >= 15 is 0 Å². The Kier molecular flexibility index (Phi) is 7.05. The SMILES string of the molecule is CCCC(N)C(O)CC(C)c1ccc(CC)c(Br)c1. The van der Waals surface area contributed by atoms with Crippen LogP contribution < -0.4 is 5.73 Å². The molecule has 19 heavy (non-hydrogen) atoms. The smallest absolute Gasteiger partial charge is 0.0696 e. The Morgan fingerprint density at radius 2 is 2.00 bits per heavy atom. The molecule has 0 aliphatic rings. The fourth-order valence-corrected chi connectivity index (χ4v) is 3.03. The molecule has 0 saturated heterocycles. The lowest BCUT2D eigenvalue weighted by molar-refractivity contribution is 0.124. The molecule has 3 atom stereocenters.